The van der Waals surface area contributed by atoms with Crippen molar-refractivity contribution in [3.63, 3.8) is 0 Å². The van der Waals surface area contributed by atoms with Crippen LogP contribution in [0.3, 0.4) is 0 Å². The molecule has 1 aliphatic rings. The van der Waals surface area contributed by atoms with Crippen molar-refractivity contribution >= 4 is 5.97 Å². The van der Waals surface area contributed by atoms with Crippen molar-refractivity contribution in [3.8, 4) is 0 Å². The van der Waals surface area contributed by atoms with Crippen LogP contribution in [0.15, 0.2) is 0 Å². The Bertz CT molecular complexity index is 159. The zero-order valence-corrected chi connectivity index (χ0v) is 5.83. The van der Waals surface area contributed by atoms with E-state index < -0.39 is 11.6 Å². The van der Waals surface area contributed by atoms with Crippen LogP contribution in [0, 0.1) is 0 Å². The van der Waals surface area contributed by atoms with E-state index in [1.54, 1.807) is 6.92 Å². The molecule has 10 heavy (non-hydrogen) atoms. The standard InChI is InChI=1S/C6H11NO3/c1-6(5(8)9)2-4(7)3-10-6/h4H,2-3,7H2,1H3,(H,8,9). The fourth-order valence-electron chi connectivity index (χ4n) is 1.06. The largest absolute Gasteiger partial charge is 0.479 e. The number of ether oxygens (including phenoxy) is 1. The van der Waals surface area contributed by atoms with E-state index in [2.05, 4.69) is 0 Å². The molecule has 0 aromatic heterocycles. The van der Waals surface area contributed by atoms with Gasteiger partial charge in [0.15, 0.2) is 5.60 Å². The number of carboxylic acids is 1. The molecule has 1 saturated heterocycles. The van der Waals surface area contributed by atoms with E-state index in [4.69, 9.17) is 15.6 Å². The van der Waals surface area contributed by atoms with E-state index in [1.807, 2.05) is 0 Å². The first kappa shape index (κ1) is 7.50. The van der Waals surface area contributed by atoms with E-state index in [-0.39, 0.29) is 6.04 Å². The third-order valence-corrected chi connectivity index (χ3v) is 1.72. The topological polar surface area (TPSA) is 72.5 Å². The van der Waals surface area contributed by atoms with Crippen molar-refractivity contribution in [2.75, 3.05) is 6.61 Å². The maximum Gasteiger partial charge on any atom is 0.335 e. The van der Waals surface area contributed by atoms with Crippen molar-refractivity contribution in [1.82, 2.24) is 0 Å². The van der Waals surface area contributed by atoms with E-state index in [0.29, 0.717) is 13.0 Å². The molecular weight excluding hydrogens is 134 g/mol. The smallest absolute Gasteiger partial charge is 0.335 e. The molecule has 1 fully saturated rings. The van der Waals surface area contributed by atoms with Crippen LogP contribution in [0.4, 0.5) is 0 Å². The highest BCUT2D eigenvalue weighted by Gasteiger charge is 2.41. The van der Waals surface area contributed by atoms with Crippen LogP contribution < -0.4 is 5.73 Å². The third kappa shape index (κ3) is 1.12. The minimum atomic E-state index is -1.04. The van der Waals surface area contributed by atoms with Crippen LogP contribution in [0.25, 0.3) is 0 Å². The number of aliphatic carboxylic acids is 1. The first-order valence-electron chi connectivity index (χ1n) is 3.17. The monoisotopic (exact) mass is 145 g/mol. The maximum absolute atomic E-state index is 10.5. The number of rotatable bonds is 1. The van der Waals surface area contributed by atoms with Gasteiger partial charge in [-0.2, -0.15) is 0 Å². The number of carbonyl (C=O) groups is 1. The molecule has 1 aliphatic heterocycles. The molecule has 1 rings (SSSR count). The predicted octanol–water partition coefficient (Wildman–Crippen LogP) is -0.423. The quantitative estimate of drug-likeness (QED) is 0.525. The molecular formula is C6H11NO3. The highest BCUT2D eigenvalue weighted by molar-refractivity contribution is 5.77. The second-order valence-electron chi connectivity index (χ2n) is 2.81. The summed E-state index contributed by atoms with van der Waals surface area (Å²) < 4.78 is 4.99. The minimum Gasteiger partial charge on any atom is -0.479 e. The van der Waals surface area contributed by atoms with Crippen LogP contribution in [0.1, 0.15) is 13.3 Å². The zero-order chi connectivity index (χ0) is 7.78. The summed E-state index contributed by atoms with van der Waals surface area (Å²) in [6.45, 7) is 1.89. The molecule has 0 amide bonds. The predicted molar refractivity (Wildman–Crippen MR) is 34.6 cm³/mol. The molecule has 4 nitrogen and oxygen atoms in total. The summed E-state index contributed by atoms with van der Waals surface area (Å²) in [7, 11) is 0. The molecule has 0 saturated carbocycles. The summed E-state index contributed by atoms with van der Waals surface area (Å²) in [5.41, 5.74) is 4.42. The normalized spacial score (nSPS) is 40.0. The Labute approximate surface area is 59.0 Å². The van der Waals surface area contributed by atoms with Gasteiger partial charge in [-0.05, 0) is 6.92 Å². The van der Waals surface area contributed by atoms with Crippen LogP contribution in [0.2, 0.25) is 0 Å². The molecule has 0 aliphatic carbocycles. The Morgan fingerprint density at radius 1 is 1.90 bits per heavy atom. The van der Waals surface area contributed by atoms with Crippen molar-refractivity contribution in [2.45, 2.75) is 25.0 Å². The number of hydrogen-bond acceptors (Lipinski definition) is 3. The van der Waals surface area contributed by atoms with Crippen molar-refractivity contribution in [3.05, 3.63) is 0 Å². The number of nitrogens with two attached hydrogens (primary N) is 1. The van der Waals surface area contributed by atoms with Gasteiger partial charge < -0.3 is 15.6 Å². The molecule has 3 N–H and O–H groups in total. The summed E-state index contributed by atoms with van der Waals surface area (Å²) in [5.74, 6) is -0.930. The molecule has 0 spiro atoms. The molecule has 0 radical (unpaired) electrons. The Hall–Kier alpha value is -0.610. The number of carboxylic acid groups (broad SMARTS) is 1. The summed E-state index contributed by atoms with van der Waals surface area (Å²) in [6, 6.07) is -0.124. The molecule has 2 atom stereocenters. The lowest BCUT2D eigenvalue weighted by Crippen LogP contribution is -2.35. The molecule has 58 valence electrons. The summed E-state index contributed by atoms with van der Waals surface area (Å²) in [6.07, 6.45) is 0.405. The SMILES string of the molecule is CC1(C(=O)O)CC(N)CO1. The second kappa shape index (κ2) is 2.21. The fraction of sp³-hybridized carbons (Fsp3) is 0.833. The molecule has 2 unspecified atom stereocenters. The van der Waals surface area contributed by atoms with Crippen LogP contribution in [-0.2, 0) is 9.53 Å². The summed E-state index contributed by atoms with van der Waals surface area (Å²) >= 11 is 0. The van der Waals surface area contributed by atoms with Crippen LogP contribution in [-0.4, -0.2) is 29.3 Å². The zero-order valence-electron chi connectivity index (χ0n) is 5.83. The first-order chi connectivity index (χ1) is 4.54. The van der Waals surface area contributed by atoms with Gasteiger partial charge in [-0.3, -0.25) is 0 Å². The Balaban J connectivity index is 2.63. The van der Waals surface area contributed by atoms with E-state index >= 15 is 0 Å². The average molecular weight is 145 g/mol. The van der Waals surface area contributed by atoms with Crippen molar-refractivity contribution < 1.29 is 14.6 Å². The Morgan fingerprint density at radius 3 is 2.70 bits per heavy atom. The summed E-state index contributed by atoms with van der Waals surface area (Å²) in [5, 5.41) is 8.61. The summed E-state index contributed by atoms with van der Waals surface area (Å²) in [4.78, 5) is 10.5. The first-order valence-corrected chi connectivity index (χ1v) is 3.17. The molecule has 0 aromatic carbocycles. The van der Waals surface area contributed by atoms with E-state index in [9.17, 15) is 4.79 Å². The van der Waals surface area contributed by atoms with Crippen molar-refractivity contribution in [1.29, 1.82) is 0 Å². The second-order valence-corrected chi connectivity index (χ2v) is 2.81. The van der Waals surface area contributed by atoms with Gasteiger partial charge in [0.1, 0.15) is 0 Å². The third-order valence-electron chi connectivity index (χ3n) is 1.72. The Kier molecular flexibility index (Phi) is 1.66. The van der Waals surface area contributed by atoms with Gasteiger partial charge in [-0.15, -0.1) is 0 Å². The lowest BCUT2D eigenvalue weighted by atomic mass is 10.0. The van der Waals surface area contributed by atoms with Crippen LogP contribution in [0.5, 0.6) is 0 Å². The minimum absolute atomic E-state index is 0.124. The molecule has 0 bridgehead atoms. The van der Waals surface area contributed by atoms with Gasteiger partial charge in [0.2, 0.25) is 0 Å². The van der Waals surface area contributed by atoms with Gasteiger partial charge in [0, 0.05) is 12.5 Å². The highest BCUT2D eigenvalue weighted by atomic mass is 16.5. The van der Waals surface area contributed by atoms with Crippen molar-refractivity contribution in [2.24, 2.45) is 5.73 Å². The molecule has 4 heteroatoms. The lowest BCUT2D eigenvalue weighted by molar-refractivity contribution is -0.157. The van der Waals surface area contributed by atoms with Gasteiger partial charge >= 0.3 is 5.97 Å². The molecule has 1 heterocycles. The molecule has 0 aromatic rings. The van der Waals surface area contributed by atoms with E-state index in [0.717, 1.165) is 0 Å². The fourth-order valence-corrected chi connectivity index (χ4v) is 1.06. The maximum atomic E-state index is 10.5. The van der Waals surface area contributed by atoms with Gasteiger partial charge in [-0.1, -0.05) is 0 Å². The highest BCUT2D eigenvalue weighted by Crippen LogP contribution is 2.24. The van der Waals surface area contributed by atoms with Gasteiger partial charge in [0.25, 0.3) is 0 Å². The van der Waals surface area contributed by atoms with Crippen LogP contribution >= 0.6 is 0 Å². The Morgan fingerprint density at radius 2 is 2.50 bits per heavy atom. The lowest BCUT2D eigenvalue weighted by Gasteiger charge is -2.15. The number of hydrogen-bond donors (Lipinski definition) is 2. The average Bonchev–Trinajstić information content (AvgIpc) is 2.13. The van der Waals surface area contributed by atoms with E-state index in [1.165, 1.54) is 0 Å². The van der Waals surface area contributed by atoms with Gasteiger partial charge in [0.05, 0.1) is 6.61 Å². The van der Waals surface area contributed by atoms with Gasteiger partial charge in [-0.25, -0.2) is 4.79 Å².